The Hall–Kier alpha value is -4.44. The number of aryl methyl sites for hydroxylation is 2. The van der Waals surface area contributed by atoms with Crippen LogP contribution < -0.4 is 20.1 Å². The molecule has 3 N–H and O–H groups in total. The van der Waals surface area contributed by atoms with Crippen molar-refractivity contribution in [3.63, 3.8) is 0 Å². The van der Waals surface area contributed by atoms with Gasteiger partial charge in [-0.15, -0.1) is 11.3 Å². The van der Waals surface area contributed by atoms with E-state index in [0.717, 1.165) is 17.7 Å². The molecular formula is C36H41FN6O7S2. The minimum atomic E-state index is -3.90. The summed E-state index contributed by atoms with van der Waals surface area (Å²) < 4.78 is 48.7. The number of hydrogen-bond donors (Lipinski definition) is 3. The summed E-state index contributed by atoms with van der Waals surface area (Å²) >= 11 is 1.31. The molecular weight excluding hydrogens is 712 g/mol. The van der Waals surface area contributed by atoms with Crippen molar-refractivity contribution in [1.29, 1.82) is 0 Å². The van der Waals surface area contributed by atoms with Gasteiger partial charge in [0.15, 0.2) is 5.82 Å². The number of ether oxygens (including phenoxy) is 1. The van der Waals surface area contributed by atoms with Crippen LogP contribution in [0.5, 0.6) is 5.88 Å². The van der Waals surface area contributed by atoms with Crippen LogP contribution >= 0.6 is 11.3 Å². The lowest BCUT2D eigenvalue weighted by Crippen LogP contribution is -2.58. The van der Waals surface area contributed by atoms with Gasteiger partial charge in [0.05, 0.1) is 22.2 Å². The van der Waals surface area contributed by atoms with Crippen LogP contribution in [0.1, 0.15) is 78.0 Å². The third kappa shape index (κ3) is 7.40. The predicted molar refractivity (Wildman–Crippen MR) is 190 cm³/mol. The van der Waals surface area contributed by atoms with Crippen LogP contribution in [0.3, 0.4) is 0 Å². The van der Waals surface area contributed by atoms with E-state index in [2.05, 4.69) is 25.3 Å². The zero-order valence-electron chi connectivity index (χ0n) is 28.9. The van der Waals surface area contributed by atoms with E-state index in [0.29, 0.717) is 48.2 Å². The highest BCUT2D eigenvalue weighted by Gasteiger charge is 2.62. The number of benzene rings is 1. The number of nitrogens with zero attached hydrogens (tertiary/aromatic N) is 3. The third-order valence-electron chi connectivity index (χ3n) is 10.2. The molecule has 276 valence electrons. The van der Waals surface area contributed by atoms with Crippen LogP contribution in [0.4, 0.5) is 4.39 Å². The molecule has 0 radical (unpaired) electrons. The molecule has 3 aromatic rings. The van der Waals surface area contributed by atoms with Crippen LogP contribution in [0.15, 0.2) is 42.5 Å². The maximum atomic E-state index is 14.7. The molecule has 13 nitrogen and oxygen atoms in total. The van der Waals surface area contributed by atoms with Gasteiger partial charge in [-0.25, -0.2) is 22.8 Å². The van der Waals surface area contributed by atoms with Crippen molar-refractivity contribution in [3.8, 4) is 5.88 Å². The third-order valence-corrected chi connectivity index (χ3v) is 13.0. The number of amides is 4. The highest BCUT2D eigenvalue weighted by atomic mass is 32.2. The minimum Gasteiger partial charge on any atom is -0.471 e. The van der Waals surface area contributed by atoms with Gasteiger partial charge in [0, 0.05) is 17.2 Å². The van der Waals surface area contributed by atoms with Crippen molar-refractivity contribution in [2.24, 2.45) is 5.92 Å². The molecule has 0 spiro atoms. The summed E-state index contributed by atoms with van der Waals surface area (Å²) in [5.74, 6) is -3.34. The van der Waals surface area contributed by atoms with E-state index in [4.69, 9.17) is 4.74 Å². The Bertz CT molecular complexity index is 2070. The average molecular weight is 753 g/mol. The largest absolute Gasteiger partial charge is 0.471 e. The van der Waals surface area contributed by atoms with Gasteiger partial charge >= 0.3 is 0 Å². The van der Waals surface area contributed by atoms with Gasteiger partial charge in [-0.3, -0.25) is 23.9 Å². The Morgan fingerprint density at radius 1 is 1.08 bits per heavy atom. The molecule has 2 aliphatic heterocycles. The molecule has 52 heavy (non-hydrogen) atoms. The number of sulfonamides is 1. The Balaban J connectivity index is 1.20. The zero-order chi connectivity index (χ0) is 36.8. The number of fused-ring (bicyclic) bond motifs is 3. The molecule has 1 saturated heterocycles. The molecule has 2 aromatic heterocycles. The maximum absolute atomic E-state index is 14.7. The topological polar surface area (TPSA) is 177 Å². The second kappa shape index (κ2) is 14.2. The lowest BCUT2D eigenvalue weighted by Gasteiger charge is -2.29. The van der Waals surface area contributed by atoms with Crippen LogP contribution in [0.25, 0.3) is 11.0 Å². The minimum absolute atomic E-state index is 0.0123. The summed E-state index contributed by atoms with van der Waals surface area (Å²) in [6.45, 7) is 3.47. The van der Waals surface area contributed by atoms with Crippen molar-refractivity contribution >= 4 is 56.0 Å². The number of thiophene rings is 1. The first-order valence-electron chi connectivity index (χ1n) is 17.7. The molecule has 3 fully saturated rings. The normalized spacial score (nSPS) is 27.4. The van der Waals surface area contributed by atoms with Crippen LogP contribution in [0, 0.1) is 25.6 Å². The van der Waals surface area contributed by atoms with Crippen molar-refractivity contribution < 1.29 is 36.7 Å². The van der Waals surface area contributed by atoms with Crippen molar-refractivity contribution in [2.75, 3.05) is 6.54 Å². The van der Waals surface area contributed by atoms with E-state index in [1.54, 1.807) is 19.1 Å². The number of allylic oxidation sites excluding steroid dienone is 1. The van der Waals surface area contributed by atoms with E-state index in [9.17, 15) is 32.0 Å². The highest BCUT2D eigenvalue weighted by molar-refractivity contribution is 7.91. The molecule has 2 aliphatic carbocycles. The summed E-state index contributed by atoms with van der Waals surface area (Å²) in [5, 5.41) is 5.11. The maximum Gasteiger partial charge on any atom is 0.262 e. The Morgan fingerprint density at radius 3 is 2.63 bits per heavy atom. The van der Waals surface area contributed by atoms with Gasteiger partial charge in [0.1, 0.15) is 34.9 Å². The predicted octanol–water partition coefficient (Wildman–Crippen LogP) is 3.60. The molecule has 5 atom stereocenters. The van der Waals surface area contributed by atoms with Crippen molar-refractivity contribution in [3.05, 3.63) is 63.7 Å². The molecule has 4 aliphatic rings. The number of para-hydroxylation sites is 1. The van der Waals surface area contributed by atoms with Crippen LogP contribution in [0.2, 0.25) is 0 Å². The average Bonchev–Trinajstić information content (AvgIpc) is 3.99. The number of carbonyl (C=O) groups is 4. The first-order valence-corrected chi connectivity index (χ1v) is 20.0. The smallest absolute Gasteiger partial charge is 0.262 e. The lowest BCUT2D eigenvalue weighted by atomic mass is 10.0. The van der Waals surface area contributed by atoms with Gasteiger partial charge in [0.2, 0.25) is 27.7 Å². The zero-order valence-corrected chi connectivity index (χ0v) is 30.5. The molecule has 1 aromatic carbocycles. The van der Waals surface area contributed by atoms with Crippen LogP contribution in [-0.4, -0.2) is 82.4 Å². The van der Waals surface area contributed by atoms with Crippen molar-refractivity contribution in [1.82, 2.24) is 30.2 Å². The van der Waals surface area contributed by atoms with E-state index in [1.165, 1.54) is 28.4 Å². The molecule has 4 heterocycles. The molecule has 7 rings (SSSR count). The molecule has 4 amide bonds. The summed E-state index contributed by atoms with van der Waals surface area (Å²) in [7, 11) is -3.90. The monoisotopic (exact) mass is 752 g/mol. The first-order chi connectivity index (χ1) is 24.8. The SMILES string of the molecule is Cc1ccc(C(=O)N[C@H]2CCCCC/C=C\[C@@H]3C[C@@]3(C(=O)NS(=O)(=O)C3CC3)NC(=O)[C@@H]3C[C@@H](Oc4nc5c(F)cccc5nc4C)CN3C2=O)s1. The van der Waals surface area contributed by atoms with Gasteiger partial charge < -0.3 is 20.3 Å². The van der Waals surface area contributed by atoms with E-state index < -0.39 is 74.4 Å². The summed E-state index contributed by atoms with van der Waals surface area (Å²) in [4.78, 5) is 67.3. The number of hydrogen-bond acceptors (Lipinski definition) is 10. The standard InChI is InChI=1S/C36H41FN6O7S2/c1-20-13-16-29(51-20)32(45)39-27-11-7-5-3-4-6-9-22-18-36(22,35(47)42-52(48,49)24-14-15-24)41-31(44)28-17-23(19-43(28)34(27)46)50-33-21(2)38-26-12-8-10-25(37)30(26)40-33/h6,8-10,12-13,16,22-24,27-28H,3-5,7,11,14-15,17-19H2,1-2H3,(H,39,45)(H,41,44)(H,42,47)/b9-6-/t22-,23-,27+,28+,36-/m1/s1. The van der Waals surface area contributed by atoms with Crippen molar-refractivity contribution in [2.45, 2.75) is 101 Å². The molecule has 0 bridgehead atoms. The Morgan fingerprint density at radius 2 is 1.88 bits per heavy atom. The number of nitrogens with one attached hydrogen (secondary N) is 3. The molecule has 0 unspecified atom stereocenters. The fourth-order valence-corrected chi connectivity index (χ4v) is 9.15. The number of aromatic nitrogens is 2. The van der Waals surface area contributed by atoms with Gasteiger partial charge in [0.25, 0.3) is 11.8 Å². The van der Waals surface area contributed by atoms with E-state index in [1.807, 2.05) is 25.1 Å². The first kappa shape index (κ1) is 35.9. The van der Waals surface area contributed by atoms with Crippen LogP contribution in [-0.2, 0) is 24.4 Å². The summed E-state index contributed by atoms with van der Waals surface area (Å²) in [6, 6.07) is 5.84. The fourth-order valence-electron chi connectivity index (χ4n) is 7.02. The van der Waals surface area contributed by atoms with Gasteiger partial charge in [-0.05, 0) is 76.6 Å². The van der Waals surface area contributed by atoms with E-state index in [-0.39, 0.29) is 30.8 Å². The highest BCUT2D eigenvalue weighted by Crippen LogP contribution is 2.46. The number of halogens is 1. The number of carbonyl (C=O) groups excluding carboxylic acids is 4. The molecule has 2 saturated carbocycles. The second-order valence-electron chi connectivity index (χ2n) is 14.2. The fraction of sp³-hybridized carbons (Fsp3) is 0.500. The Kier molecular flexibility index (Phi) is 9.80. The van der Waals surface area contributed by atoms with Gasteiger partial charge in [-0.1, -0.05) is 31.1 Å². The van der Waals surface area contributed by atoms with Gasteiger partial charge in [-0.2, -0.15) is 0 Å². The van der Waals surface area contributed by atoms with E-state index >= 15 is 0 Å². The summed E-state index contributed by atoms with van der Waals surface area (Å²) in [6.07, 6.45) is 7.30. The molecule has 16 heteroatoms. The number of rotatable bonds is 7. The second-order valence-corrected chi connectivity index (χ2v) is 17.4. The lowest BCUT2D eigenvalue weighted by molar-refractivity contribution is -0.141. The quantitative estimate of drug-likeness (QED) is 0.305. The summed E-state index contributed by atoms with van der Waals surface area (Å²) in [5.41, 5.74) is -0.780. The Labute approximate surface area is 304 Å².